The second-order valence-corrected chi connectivity index (χ2v) is 5.46. The molecule has 0 aliphatic rings. The van der Waals surface area contributed by atoms with Gasteiger partial charge < -0.3 is 19.3 Å². The summed E-state index contributed by atoms with van der Waals surface area (Å²) < 4.78 is 15.6. The first-order valence-electron chi connectivity index (χ1n) is 8.11. The van der Waals surface area contributed by atoms with Gasteiger partial charge in [0.15, 0.2) is 0 Å². The second-order valence-electron chi connectivity index (χ2n) is 5.46. The topological polar surface area (TPSA) is 86.5 Å². The summed E-state index contributed by atoms with van der Waals surface area (Å²) in [5, 5.41) is 6.76. The van der Waals surface area contributed by atoms with E-state index in [0.717, 1.165) is 5.56 Å². The Morgan fingerprint density at radius 2 is 1.88 bits per heavy atom. The van der Waals surface area contributed by atoms with Gasteiger partial charge in [-0.2, -0.15) is 4.98 Å². The molecule has 0 saturated heterocycles. The summed E-state index contributed by atoms with van der Waals surface area (Å²) in [4.78, 5) is 16.8. The first-order valence-corrected chi connectivity index (χ1v) is 8.11. The molecule has 7 nitrogen and oxygen atoms in total. The van der Waals surface area contributed by atoms with E-state index in [1.54, 1.807) is 49.6 Å². The molecule has 0 bridgehead atoms. The molecule has 3 aromatic rings. The molecule has 7 heteroatoms. The summed E-state index contributed by atoms with van der Waals surface area (Å²) in [6, 6.07) is 12.2. The highest BCUT2D eigenvalue weighted by Gasteiger charge is 2.12. The number of nitrogens with zero attached hydrogens (tertiary/aromatic N) is 2. The van der Waals surface area contributed by atoms with Crippen LogP contribution in [0.25, 0.3) is 11.4 Å². The van der Waals surface area contributed by atoms with Crippen molar-refractivity contribution in [2.24, 2.45) is 0 Å². The zero-order valence-electron chi connectivity index (χ0n) is 14.8. The van der Waals surface area contributed by atoms with Crippen LogP contribution in [-0.2, 0) is 6.42 Å². The van der Waals surface area contributed by atoms with E-state index >= 15 is 0 Å². The first kappa shape index (κ1) is 17.5. The van der Waals surface area contributed by atoms with Gasteiger partial charge in [0.1, 0.15) is 11.5 Å². The lowest BCUT2D eigenvalue weighted by Crippen LogP contribution is -2.12. The van der Waals surface area contributed by atoms with E-state index in [4.69, 9.17) is 14.0 Å². The number of carbonyl (C=O) groups is 1. The van der Waals surface area contributed by atoms with Crippen molar-refractivity contribution < 1.29 is 18.8 Å². The fraction of sp³-hybridized carbons (Fsp3) is 0.211. The maximum absolute atomic E-state index is 12.5. The average Bonchev–Trinajstić information content (AvgIpc) is 3.17. The Morgan fingerprint density at radius 1 is 1.12 bits per heavy atom. The predicted molar refractivity (Wildman–Crippen MR) is 96.6 cm³/mol. The van der Waals surface area contributed by atoms with Crippen molar-refractivity contribution in [1.82, 2.24) is 10.1 Å². The van der Waals surface area contributed by atoms with Crippen molar-refractivity contribution >= 4 is 11.6 Å². The van der Waals surface area contributed by atoms with Crippen LogP contribution in [0.3, 0.4) is 0 Å². The Kier molecular flexibility index (Phi) is 5.17. The highest BCUT2D eigenvalue weighted by molar-refractivity contribution is 6.05. The number of hydrogen-bond donors (Lipinski definition) is 1. The molecule has 134 valence electrons. The number of rotatable bonds is 6. The van der Waals surface area contributed by atoms with E-state index < -0.39 is 0 Å². The van der Waals surface area contributed by atoms with Crippen LogP contribution >= 0.6 is 0 Å². The number of benzene rings is 2. The van der Waals surface area contributed by atoms with Crippen molar-refractivity contribution in [3.8, 4) is 22.9 Å². The average molecular weight is 353 g/mol. The Hall–Kier alpha value is -3.35. The summed E-state index contributed by atoms with van der Waals surface area (Å²) in [6.07, 6.45) is 0.678. The van der Waals surface area contributed by atoms with E-state index in [9.17, 15) is 4.79 Å². The Bertz CT molecular complexity index is 903. The quantitative estimate of drug-likeness (QED) is 0.729. The molecule has 1 aromatic heterocycles. The van der Waals surface area contributed by atoms with Crippen molar-refractivity contribution in [1.29, 1.82) is 0 Å². The minimum Gasteiger partial charge on any atom is -0.497 e. The second kappa shape index (κ2) is 7.69. The number of hydrogen-bond acceptors (Lipinski definition) is 6. The number of amides is 1. The smallest absolute Gasteiger partial charge is 0.255 e. The van der Waals surface area contributed by atoms with Gasteiger partial charge in [-0.3, -0.25) is 4.79 Å². The van der Waals surface area contributed by atoms with E-state index in [1.165, 1.54) is 7.11 Å². The van der Waals surface area contributed by atoms with Gasteiger partial charge in [-0.15, -0.1) is 0 Å². The molecule has 0 radical (unpaired) electrons. The van der Waals surface area contributed by atoms with Gasteiger partial charge in [-0.1, -0.05) is 24.2 Å². The molecule has 3 rings (SSSR count). The molecule has 0 atom stereocenters. The van der Waals surface area contributed by atoms with Gasteiger partial charge in [0.25, 0.3) is 5.91 Å². The fourth-order valence-corrected chi connectivity index (χ4v) is 2.38. The molecule has 26 heavy (non-hydrogen) atoms. The van der Waals surface area contributed by atoms with Crippen LogP contribution < -0.4 is 14.8 Å². The first-order chi connectivity index (χ1) is 12.6. The minimum absolute atomic E-state index is 0.248. The van der Waals surface area contributed by atoms with Gasteiger partial charge in [-0.25, -0.2) is 0 Å². The molecule has 0 spiro atoms. The van der Waals surface area contributed by atoms with Gasteiger partial charge in [0.2, 0.25) is 11.7 Å². The summed E-state index contributed by atoms with van der Waals surface area (Å²) in [7, 11) is 3.11. The lowest BCUT2D eigenvalue weighted by Gasteiger charge is -2.11. The Labute approximate surface area is 150 Å². The number of carbonyl (C=O) groups excluding carboxylic acids is 1. The minimum atomic E-state index is -0.248. The third-order valence-electron chi connectivity index (χ3n) is 3.83. The Balaban J connectivity index is 1.76. The molecule has 1 amide bonds. The SMILES string of the molecule is CCc1nc(-c2ccc(C(=O)Nc3ccc(OC)cc3OC)cc2)no1. The standard InChI is InChI=1S/C19H19N3O4/c1-4-17-21-18(22-26-17)12-5-7-13(8-6-12)19(23)20-15-10-9-14(24-2)11-16(15)25-3/h5-11H,4H2,1-3H3,(H,20,23). The third-order valence-corrected chi connectivity index (χ3v) is 3.83. The maximum atomic E-state index is 12.5. The lowest BCUT2D eigenvalue weighted by molar-refractivity contribution is 0.102. The Morgan fingerprint density at radius 3 is 2.50 bits per heavy atom. The maximum Gasteiger partial charge on any atom is 0.255 e. The predicted octanol–water partition coefficient (Wildman–Crippen LogP) is 3.57. The number of ether oxygens (including phenoxy) is 2. The van der Waals surface area contributed by atoms with Gasteiger partial charge >= 0.3 is 0 Å². The fourth-order valence-electron chi connectivity index (χ4n) is 2.38. The number of aromatic nitrogens is 2. The highest BCUT2D eigenvalue weighted by Crippen LogP contribution is 2.29. The zero-order chi connectivity index (χ0) is 18.5. The number of methoxy groups -OCH3 is 2. The van der Waals surface area contributed by atoms with E-state index in [0.29, 0.717) is 40.9 Å². The number of nitrogens with one attached hydrogen (secondary N) is 1. The van der Waals surface area contributed by atoms with Crippen LogP contribution in [0.15, 0.2) is 47.0 Å². The molecule has 1 N–H and O–H groups in total. The van der Waals surface area contributed by atoms with Crippen LogP contribution in [0.4, 0.5) is 5.69 Å². The van der Waals surface area contributed by atoms with Gasteiger partial charge in [-0.05, 0) is 24.3 Å². The summed E-state index contributed by atoms with van der Waals surface area (Å²) in [5.74, 6) is 2.01. The molecular formula is C19H19N3O4. The van der Waals surface area contributed by atoms with E-state index in [-0.39, 0.29) is 5.91 Å². The molecule has 0 fully saturated rings. The van der Waals surface area contributed by atoms with Crippen LogP contribution in [0.5, 0.6) is 11.5 Å². The molecule has 2 aromatic carbocycles. The van der Waals surface area contributed by atoms with Gasteiger partial charge in [0, 0.05) is 23.6 Å². The molecular weight excluding hydrogens is 334 g/mol. The normalized spacial score (nSPS) is 10.4. The van der Waals surface area contributed by atoms with Crippen LogP contribution in [-0.4, -0.2) is 30.3 Å². The third kappa shape index (κ3) is 3.66. The number of aryl methyl sites for hydroxylation is 1. The summed E-state index contributed by atoms with van der Waals surface area (Å²) in [5.41, 5.74) is 1.85. The summed E-state index contributed by atoms with van der Waals surface area (Å²) in [6.45, 7) is 1.94. The van der Waals surface area contributed by atoms with Gasteiger partial charge in [0.05, 0.1) is 19.9 Å². The molecule has 0 unspecified atom stereocenters. The van der Waals surface area contributed by atoms with E-state index in [2.05, 4.69) is 15.5 Å². The number of anilines is 1. The largest absolute Gasteiger partial charge is 0.497 e. The van der Waals surface area contributed by atoms with Crippen molar-refractivity contribution in [3.05, 3.63) is 53.9 Å². The van der Waals surface area contributed by atoms with Crippen LogP contribution in [0, 0.1) is 0 Å². The van der Waals surface area contributed by atoms with Crippen LogP contribution in [0.1, 0.15) is 23.2 Å². The van der Waals surface area contributed by atoms with Crippen molar-refractivity contribution in [2.45, 2.75) is 13.3 Å². The van der Waals surface area contributed by atoms with Crippen LogP contribution in [0.2, 0.25) is 0 Å². The van der Waals surface area contributed by atoms with Crippen molar-refractivity contribution in [3.63, 3.8) is 0 Å². The lowest BCUT2D eigenvalue weighted by atomic mass is 10.1. The van der Waals surface area contributed by atoms with E-state index in [1.807, 2.05) is 6.92 Å². The zero-order valence-corrected chi connectivity index (χ0v) is 14.8. The molecule has 0 saturated carbocycles. The monoisotopic (exact) mass is 353 g/mol. The molecule has 0 aliphatic carbocycles. The molecule has 0 aliphatic heterocycles. The van der Waals surface area contributed by atoms with Crippen molar-refractivity contribution in [2.75, 3.05) is 19.5 Å². The summed E-state index contributed by atoms with van der Waals surface area (Å²) >= 11 is 0. The highest BCUT2D eigenvalue weighted by atomic mass is 16.5. The molecule has 1 heterocycles.